The Morgan fingerprint density at radius 3 is 2.70 bits per heavy atom. The summed E-state index contributed by atoms with van der Waals surface area (Å²) in [7, 11) is 1.60. The lowest BCUT2D eigenvalue weighted by Crippen LogP contribution is -2.50. The van der Waals surface area contributed by atoms with Gasteiger partial charge in [-0.05, 0) is 60.9 Å². The highest BCUT2D eigenvalue weighted by Crippen LogP contribution is 2.37. The van der Waals surface area contributed by atoms with Crippen LogP contribution in [-0.4, -0.2) is 29.3 Å². The van der Waals surface area contributed by atoms with E-state index in [9.17, 15) is 5.11 Å². The van der Waals surface area contributed by atoms with Crippen LogP contribution in [0.5, 0.6) is 11.5 Å². The fourth-order valence-corrected chi connectivity index (χ4v) is 3.53. The summed E-state index contributed by atoms with van der Waals surface area (Å²) < 4.78 is 5.30. The largest absolute Gasteiger partial charge is 0.508 e. The molecule has 0 amide bonds. The molecule has 2 aromatic carbocycles. The quantitative estimate of drug-likeness (QED) is 0.602. The predicted molar refractivity (Wildman–Crippen MR) is 110 cm³/mol. The van der Waals surface area contributed by atoms with Crippen LogP contribution in [-0.2, 0) is 6.42 Å². The van der Waals surface area contributed by atoms with E-state index in [2.05, 4.69) is 4.98 Å². The number of methoxy groups -OCH3 is 1. The third kappa shape index (κ3) is 4.00. The zero-order chi connectivity index (χ0) is 19.6. The summed E-state index contributed by atoms with van der Waals surface area (Å²) in [4.78, 5) is 4.42. The third-order valence-corrected chi connectivity index (χ3v) is 5.30. The molecule has 0 fully saturated rings. The average Bonchev–Trinajstić information content (AvgIpc) is 2.66. The van der Waals surface area contributed by atoms with Gasteiger partial charge in [0, 0.05) is 34.6 Å². The number of hydrogen-bond acceptors (Lipinski definition) is 5. The molecule has 0 aliphatic carbocycles. The lowest BCUT2D eigenvalue weighted by atomic mass is 9.76. The molecule has 1 aromatic heterocycles. The second kappa shape index (κ2) is 7.72. The van der Waals surface area contributed by atoms with Crippen molar-refractivity contribution in [3.8, 4) is 11.5 Å². The zero-order valence-electron chi connectivity index (χ0n) is 15.4. The van der Waals surface area contributed by atoms with Gasteiger partial charge in [-0.3, -0.25) is 4.98 Å². The van der Waals surface area contributed by atoms with Crippen LogP contribution in [0, 0.1) is 0 Å². The zero-order valence-corrected chi connectivity index (χ0v) is 16.2. The normalized spacial score (nSPS) is 14.7. The predicted octanol–water partition coefficient (Wildman–Crippen LogP) is 3.60. The maximum absolute atomic E-state index is 10.4. The Labute approximate surface area is 163 Å². The second-order valence-corrected chi connectivity index (χ2v) is 7.46. The molecular formula is C21H24ClN3O2. The molecule has 27 heavy (non-hydrogen) atoms. The second-order valence-electron chi connectivity index (χ2n) is 7.02. The fraction of sp³-hybridized carbons (Fsp3) is 0.286. The molecule has 2 atom stereocenters. The lowest BCUT2D eigenvalue weighted by Gasteiger charge is -2.34. The standard InChI is InChI=1S/C21H24ClN3O2/c1-21(24,12-23)18(10-13-9-15(27-2)4-6-20(13)26)16-7-8-25-19-11-14(22)3-5-17(16)19/h3-9,11,18,26H,10,12,23-24H2,1-2H3. The molecular weight excluding hydrogens is 362 g/mol. The van der Waals surface area contributed by atoms with Crippen LogP contribution < -0.4 is 16.2 Å². The molecule has 3 rings (SSSR count). The van der Waals surface area contributed by atoms with Crippen LogP contribution in [0.2, 0.25) is 5.02 Å². The van der Waals surface area contributed by atoms with Gasteiger partial charge in [0.1, 0.15) is 11.5 Å². The van der Waals surface area contributed by atoms with E-state index in [1.807, 2.05) is 37.3 Å². The molecule has 0 spiro atoms. The minimum absolute atomic E-state index is 0.146. The number of phenols is 1. The number of hydrogen-bond donors (Lipinski definition) is 3. The first-order valence-electron chi connectivity index (χ1n) is 8.74. The fourth-order valence-electron chi connectivity index (χ4n) is 3.36. The minimum Gasteiger partial charge on any atom is -0.508 e. The van der Waals surface area contributed by atoms with Gasteiger partial charge < -0.3 is 21.3 Å². The Balaban J connectivity index is 2.14. The number of aromatic nitrogens is 1. The first-order chi connectivity index (χ1) is 12.9. The molecule has 3 aromatic rings. The number of halogens is 1. The van der Waals surface area contributed by atoms with Gasteiger partial charge in [-0.15, -0.1) is 0 Å². The number of nitrogens with zero attached hydrogens (tertiary/aromatic N) is 1. The monoisotopic (exact) mass is 385 g/mol. The van der Waals surface area contributed by atoms with Gasteiger partial charge in [0.15, 0.2) is 0 Å². The van der Waals surface area contributed by atoms with Gasteiger partial charge >= 0.3 is 0 Å². The van der Waals surface area contributed by atoms with E-state index in [1.165, 1.54) is 0 Å². The summed E-state index contributed by atoms with van der Waals surface area (Å²) in [5.41, 5.74) is 14.5. The van der Waals surface area contributed by atoms with Gasteiger partial charge in [0.05, 0.1) is 12.6 Å². The van der Waals surface area contributed by atoms with Crippen molar-refractivity contribution in [3.05, 3.63) is 64.8 Å². The number of pyridine rings is 1. The lowest BCUT2D eigenvalue weighted by molar-refractivity contribution is 0.375. The van der Waals surface area contributed by atoms with E-state index in [-0.39, 0.29) is 11.7 Å². The molecule has 0 bridgehead atoms. The maximum atomic E-state index is 10.4. The third-order valence-electron chi connectivity index (χ3n) is 5.06. The summed E-state index contributed by atoms with van der Waals surface area (Å²) in [5, 5.41) is 12.0. The Kier molecular flexibility index (Phi) is 5.56. The molecule has 142 valence electrons. The van der Waals surface area contributed by atoms with Gasteiger partial charge in [0.2, 0.25) is 0 Å². The smallest absolute Gasteiger partial charge is 0.119 e. The Bertz CT molecular complexity index is 959. The van der Waals surface area contributed by atoms with Crippen LogP contribution in [0.25, 0.3) is 10.9 Å². The number of nitrogens with two attached hydrogens (primary N) is 2. The maximum Gasteiger partial charge on any atom is 0.119 e. The van der Waals surface area contributed by atoms with Crippen LogP contribution in [0.4, 0.5) is 0 Å². The molecule has 5 N–H and O–H groups in total. The number of ether oxygens (including phenoxy) is 1. The van der Waals surface area contributed by atoms with Crippen LogP contribution in [0.3, 0.4) is 0 Å². The molecule has 5 nitrogen and oxygen atoms in total. The number of phenolic OH excluding ortho intramolecular Hbond substituents is 1. The SMILES string of the molecule is COc1ccc(O)c(CC(c2ccnc3cc(Cl)ccc23)C(C)(N)CN)c1. The first kappa shape index (κ1) is 19.4. The van der Waals surface area contributed by atoms with E-state index in [0.29, 0.717) is 23.7 Å². The molecule has 0 aliphatic rings. The van der Waals surface area contributed by atoms with Crippen molar-refractivity contribution in [2.75, 3.05) is 13.7 Å². The highest BCUT2D eigenvalue weighted by molar-refractivity contribution is 6.31. The molecule has 2 unspecified atom stereocenters. The van der Waals surface area contributed by atoms with Crippen molar-refractivity contribution in [2.45, 2.75) is 24.8 Å². The van der Waals surface area contributed by atoms with E-state index >= 15 is 0 Å². The van der Waals surface area contributed by atoms with E-state index in [4.69, 9.17) is 27.8 Å². The first-order valence-corrected chi connectivity index (χ1v) is 9.12. The molecule has 6 heteroatoms. The van der Waals surface area contributed by atoms with E-state index < -0.39 is 5.54 Å². The molecule has 0 aliphatic heterocycles. The van der Waals surface area contributed by atoms with Crippen molar-refractivity contribution >= 4 is 22.5 Å². The van der Waals surface area contributed by atoms with Crippen molar-refractivity contribution in [2.24, 2.45) is 11.5 Å². The Morgan fingerprint density at radius 1 is 1.22 bits per heavy atom. The van der Waals surface area contributed by atoms with Crippen molar-refractivity contribution in [3.63, 3.8) is 0 Å². The Morgan fingerprint density at radius 2 is 2.00 bits per heavy atom. The Hall–Kier alpha value is -2.34. The van der Waals surface area contributed by atoms with Crippen molar-refractivity contribution in [1.82, 2.24) is 4.98 Å². The van der Waals surface area contributed by atoms with Gasteiger partial charge in [-0.25, -0.2) is 0 Å². The van der Waals surface area contributed by atoms with Crippen molar-refractivity contribution < 1.29 is 9.84 Å². The summed E-state index contributed by atoms with van der Waals surface area (Å²) in [5.74, 6) is 0.738. The van der Waals surface area contributed by atoms with E-state index in [1.54, 1.807) is 25.4 Å². The molecule has 0 radical (unpaired) electrons. The van der Waals surface area contributed by atoms with Gasteiger partial charge in [0.25, 0.3) is 0 Å². The van der Waals surface area contributed by atoms with Gasteiger partial charge in [-0.2, -0.15) is 0 Å². The number of fused-ring (bicyclic) bond motifs is 1. The average molecular weight is 386 g/mol. The number of benzene rings is 2. The summed E-state index contributed by atoms with van der Waals surface area (Å²) in [6.45, 7) is 2.22. The molecule has 0 saturated carbocycles. The highest BCUT2D eigenvalue weighted by Gasteiger charge is 2.32. The summed E-state index contributed by atoms with van der Waals surface area (Å²) in [6.07, 6.45) is 2.26. The topological polar surface area (TPSA) is 94.4 Å². The van der Waals surface area contributed by atoms with Crippen LogP contribution in [0.1, 0.15) is 24.0 Å². The van der Waals surface area contributed by atoms with E-state index in [0.717, 1.165) is 22.0 Å². The highest BCUT2D eigenvalue weighted by atomic mass is 35.5. The summed E-state index contributed by atoms with van der Waals surface area (Å²) in [6, 6.07) is 12.8. The molecule has 1 heterocycles. The van der Waals surface area contributed by atoms with Crippen molar-refractivity contribution in [1.29, 1.82) is 0 Å². The number of rotatable bonds is 6. The summed E-state index contributed by atoms with van der Waals surface area (Å²) >= 11 is 6.12. The number of aromatic hydroxyl groups is 1. The van der Waals surface area contributed by atoms with Crippen LogP contribution in [0.15, 0.2) is 48.7 Å². The van der Waals surface area contributed by atoms with Gasteiger partial charge in [-0.1, -0.05) is 17.7 Å². The molecule has 0 saturated heterocycles. The van der Waals surface area contributed by atoms with Crippen LogP contribution >= 0.6 is 11.6 Å². The minimum atomic E-state index is -0.691.